The Bertz CT molecular complexity index is 927. The first-order chi connectivity index (χ1) is 12.1. The van der Waals surface area contributed by atoms with Crippen molar-refractivity contribution >= 4 is 23.2 Å². The minimum absolute atomic E-state index is 0.361. The summed E-state index contributed by atoms with van der Waals surface area (Å²) in [4.78, 5) is 14.8. The highest BCUT2D eigenvalue weighted by Crippen LogP contribution is 2.45. The number of hydrogen-bond acceptors (Lipinski definition) is 2. The fraction of sp³-hybridized carbons (Fsp3) is 0.0952. The lowest BCUT2D eigenvalue weighted by molar-refractivity contribution is -0.132. The molecule has 0 aromatic heterocycles. The van der Waals surface area contributed by atoms with Crippen molar-refractivity contribution in [3.63, 3.8) is 0 Å². The molecule has 1 amide bonds. The molecule has 1 heterocycles. The van der Waals surface area contributed by atoms with E-state index in [1.807, 2.05) is 48.5 Å². The summed E-state index contributed by atoms with van der Waals surface area (Å²) in [7, 11) is 0. The molecule has 25 heavy (non-hydrogen) atoms. The summed E-state index contributed by atoms with van der Waals surface area (Å²) >= 11 is 6.16. The van der Waals surface area contributed by atoms with Gasteiger partial charge in [-0.2, -0.15) is 0 Å². The van der Waals surface area contributed by atoms with E-state index in [1.165, 1.54) is 0 Å². The van der Waals surface area contributed by atoms with Crippen LogP contribution in [0, 0.1) is 0 Å². The van der Waals surface area contributed by atoms with Gasteiger partial charge in [-0.1, -0.05) is 78.3 Å². The molecule has 0 spiro atoms. The number of benzene rings is 3. The van der Waals surface area contributed by atoms with E-state index in [0.717, 1.165) is 5.56 Å². The number of hydrogen-bond donors (Lipinski definition) is 1. The maximum Gasteiger partial charge on any atom is 0.268 e. The van der Waals surface area contributed by atoms with Crippen LogP contribution in [0.2, 0.25) is 5.02 Å². The van der Waals surface area contributed by atoms with Gasteiger partial charge in [-0.15, -0.1) is 0 Å². The van der Waals surface area contributed by atoms with Crippen LogP contribution in [0.5, 0.6) is 0 Å². The van der Waals surface area contributed by atoms with Crippen molar-refractivity contribution in [1.29, 1.82) is 0 Å². The van der Waals surface area contributed by atoms with Crippen LogP contribution in [0.1, 0.15) is 16.7 Å². The Labute approximate surface area is 151 Å². The molecule has 0 fully saturated rings. The number of anilines is 1. The molecule has 0 saturated heterocycles. The molecule has 3 nitrogen and oxygen atoms in total. The molecule has 1 atom stereocenters. The molecule has 1 N–H and O–H groups in total. The summed E-state index contributed by atoms with van der Waals surface area (Å²) < 4.78 is 0. The van der Waals surface area contributed by atoms with Gasteiger partial charge >= 0.3 is 0 Å². The van der Waals surface area contributed by atoms with Gasteiger partial charge in [-0.25, -0.2) is 0 Å². The monoisotopic (exact) mass is 349 g/mol. The van der Waals surface area contributed by atoms with E-state index in [1.54, 1.807) is 35.2 Å². The molecule has 1 unspecified atom stereocenters. The van der Waals surface area contributed by atoms with Crippen LogP contribution in [-0.4, -0.2) is 11.0 Å². The summed E-state index contributed by atoms with van der Waals surface area (Å²) in [6, 6.07) is 23.9. The Balaban J connectivity index is 1.86. The van der Waals surface area contributed by atoms with E-state index < -0.39 is 5.60 Å². The molecule has 1 aliphatic rings. The standard InChI is InChI=1S/C21H16ClNO2/c22-17-11-12-18-19(13-17)23(14-15-7-3-1-4-8-15)20(24)21(18,25)16-9-5-2-6-10-16/h1-13,25H,14H2. The van der Waals surface area contributed by atoms with E-state index in [-0.39, 0.29) is 5.91 Å². The van der Waals surface area contributed by atoms with Crippen LogP contribution in [0.25, 0.3) is 0 Å². The minimum Gasteiger partial charge on any atom is -0.372 e. The summed E-state index contributed by atoms with van der Waals surface area (Å²) in [5.74, 6) is -0.361. The van der Waals surface area contributed by atoms with Crippen molar-refractivity contribution in [1.82, 2.24) is 0 Å². The van der Waals surface area contributed by atoms with Crippen molar-refractivity contribution in [3.05, 3.63) is 101 Å². The fourth-order valence-corrected chi connectivity index (χ4v) is 3.50. The zero-order chi connectivity index (χ0) is 17.4. The molecule has 1 aliphatic heterocycles. The van der Waals surface area contributed by atoms with Gasteiger partial charge in [0.15, 0.2) is 5.60 Å². The highest BCUT2D eigenvalue weighted by molar-refractivity contribution is 6.31. The summed E-state index contributed by atoms with van der Waals surface area (Å²) in [6.07, 6.45) is 0. The molecular formula is C21H16ClNO2. The lowest BCUT2D eigenvalue weighted by Crippen LogP contribution is -2.40. The third-order valence-corrected chi connectivity index (χ3v) is 4.81. The summed E-state index contributed by atoms with van der Waals surface area (Å²) in [5, 5.41) is 11.9. The third-order valence-electron chi connectivity index (χ3n) is 4.57. The Morgan fingerprint density at radius 2 is 1.56 bits per heavy atom. The van der Waals surface area contributed by atoms with Gasteiger partial charge in [0.2, 0.25) is 0 Å². The number of aliphatic hydroxyl groups is 1. The first kappa shape index (κ1) is 15.9. The molecule has 3 aromatic rings. The molecule has 0 aliphatic carbocycles. The summed E-state index contributed by atoms with van der Waals surface area (Å²) in [5.41, 5.74) is 1.05. The van der Waals surface area contributed by atoms with Gasteiger partial charge < -0.3 is 10.0 Å². The Kier molecular flexibility index (Phi) is 3.83. The predicted molar refractivity (Wildman–Crippen MR) is 98.5 cm³/mol. The molecule has 0 bridgehead atoms. The predicted octanol–water partition coefficient (Wildman–Crippen LogP) is 4.12. The van der Waals surface area contributed by atoms with Gasteiger partial charge in [0.05, 0.1) is 12.2 Å². The van der Waals surface area contributed by atoms with Gasteiger partial charge in [0.1, 0.15) is 0 Å². The highest BCUT2D eigenvalue weighted by Gasteiger charge is 2.50. The second-order valence-corrected chi connectivity index (χ2v) is 6.55. The fourth-order valence-electron chi connectivity index (χ4n) is 3.34. The van der Waals surface area contributed by atoms with Crippen molar-refractivity contribution in [2.24, 2.45) is 0 Å². The number of carbonyl (C=O) groups is 1. The zero-order valence-corrected chi connectivity index (χ0v) is 14.1. The third kappa shape index (κ3) is 2.53. The van der Waals surface area contributed by atoms with Crippen LogP contribution in [0.4, 0.5) is 5.69 Å². The number of fused-ring (bicyclic) bond motifs is 1. The first-order valence-corrected chi connectivity index (χ1v) is 8.42. The van der Waals surface area contributed by atoms with Crippen molar-refractivity contribution in [2.45, 2.75) is 12.1 Å². The Morgan fingerprint density at radius 1 is 0.920 bits per heavy atom. The highest BCUT2D eigenvalue weighted by atomic mass is 35.5. The van der Waals surface area contributed by atoms with Crippen LogP contribution in [-0.2, 0) is 16.9 Å². The Morgan fingerprint density at radius 3 is 2.24 bits per heavy atom. The van der Waals surface area contributed by atoms with Gasteiger partial charge in [0, 0.05) is 10.6 Å². The van der Waals surface area contributed by atoms with E-state index in [0.29, 0.717) is 28.4 Å². The number of amides is 1. The number of halogens is 1. The zero-order valence-electron chi connectivity index (χ0n) is 13.4. The molecule has 0 saturated carbocycles. The molecule has 124 valence electrons. The van der Waals surface area contributed by atoms with Crippen molar-refractivity contribution in [3.8, 4) is 0 Å². The minimum atomic E-state index is -1.70. The average molecular weight is 350 g/mol. The number of rotatable bonds is 3. The van der Waals surface area contributed by atoms with E-state index >= 15 is 0 Å². The maximum absolute atomic E-state index is 13.2. The topological polar surface area (TPSA) is 40.5 Å². The summed E-state index contributed by atoms with van der Waals surface area (Å²) in [6.45, 7) is 0.377. The average Bonchev–Trinajstić information content (AvgIpc) is 2.86. The van der Waals surface area contributed by atoms with E-state index in [2.05, 4.69) is 0 Å². The molecule has 4 heteroatoms. The molecular weight excluding hydrogens is 334 g/mol. The normalized spacial score (nSPS) is 19.1. The van der Waals surface area contributed by atoms with Crippen molar-refractivity contribution < 1.29 is 9.90 Å². The maximum atomic E-state index is 13.2. The van der Waals surface area contributed by atoms with E-state index in [4.69, 9.17) is 11.6 Å². The smallest absolute Gasteiger partial charge is 0.268 e. The second kappa shape index (κ2) is 6.03. The Hall–Kier alpha value is -2.62. The van der Waals surface area contributed by atoms with Gasteiger partial charge in [-0.3, -0.25) is 4.79 Å². The quantitative estimate of drug-likeness (QED) is 0.772. The van der Waals surface area contributed by atoms with Gasteiger partial charge in [0.25, 0.3) is 5.91 Å². The van der Waals surface area contributed by atoms with Crippen LogP contribution in [0.15, 0.2) is 78.9 Å². The SMILES string of the molecule is O=C1N(Cc2ccccc2)c2cc(Cl)ccc2C1(O)c1ccccc1. The second-order valence-electron chi connectivity index (χ2n) is 6.11. The van der Waals surface area contributed by atoms with E-state index in [9.17, 15) is 9.90 Å². The lowest BCUT2D eigenvalue weighted by atomic mass is 9.87. The van der Waals surface area contributed by atoms with Crippen LogP contribution >= 0.6 is 11.6 Å². The van der Waals surface area contributed by atoms with Crippen LogP contribution < -0.4 is 4.90 Å². The van der Waals surface area contributed by atoms with Crippen molar-refractivity contribution in [2.75, 3.05) is 4.90 Å². The first-order valence-electron chi connectivity index (χ1n) is 8.04. The number of nitrogens with zero attached hydrogens (tertiary/aromatic N) is 1. The molecule has 4 rings (SSSR count). The lowest BCUT2D eigenvalue weighted by Gasteiger charge is -2.23. The van der Waals surface area contributed by atoms with Gasteiger partial charge in [-0.05, 0) is 23.3 Å². The molecule has 0 radical (unpaired) electrons. The molecule has 3 aromatic carbocycles. The van der Waals surface area contributed by atoms with Crippen LogP contribution in [0.3, 0.4) is 0 Å². The largest absolute Gasteiger partial charge is 0.372 e. The number of carbonyl (C=O) groups excluding carboxylic acids is 1.